The van der Waals surface area contributed by atoms with Crippen LogP contribution < -0.4 is 20.9 Å². The molecule has 7 nitrogen and oxygen atoms in total. The third kappa shape index (κ3) is 4.09. The molecule has 3 heterocycles. The van der Waals surface area contributed by atoms with Crippen LogP contribution in [-0.4, -0.2) is 41.1 Å². The minimum atomic E-state index is 0.572. The van der Waals surface area contributed by atoms with Gasteiger partial charge in [0.15, 0.2) is 11.6 Å². The van der Waals surface area contributed by atoms with E-state index >= 15 is 0 Å². The maximum absolute atomic E-state index is 6.37. The Balaban J connectivity index is 1.41. The van der Waals surface area contributed by atoms with Crippen LogP contribution in [0.2, 0.25) is 5.02 Å². The second-order valence-electron chi connectivity index (χ2n) is 6.60. The van der Waals surface area contributed by atoms with E-state index in [-0.39, 0.29) is 0 Å². The average Bonchev–Trinajstić information content (AvgIpc) is 2.75. The summed E-state index contributed by atoms with van der Waals surface area (Å²) in [6.45, 7) is 4.01. The van der Waals surface area contributed by atoms with E-state index in [1.165, 1.54) is 0 Å². The number of rotatable bonds is 5. The minimum Gasteiger partial charge on any atom is -0.393 e. The fourth-order valence-corrected chi connectivity index (χ4v) is 3.38. The predicted molar refractivity (Wildman–Crippen MR) is 114 cm³/mol. The third-order valence-electron chi connectivity index (χ3n) is 4.79. The Labute approximate surface area is 169 Å². The van der Waals surface area contributed by atoms with Gasteiger partial charge in [0.25, 0.3) is 0 Å². The summed E-state index contributed by atoms with van der Waals surface area (Å²) in [7, 11) is 0. The number of hydrogen-bond donors (Lipinski definition) is 2. The first-order valence-corrected chi connectivity index (χ1v) is 9.58. The first-order valence-electron chi connectivity index (χ1n) is 9.20. The summed E-state index contributed by atoms with van der Waals surface area (Å²) >= 11 is 5.94. The molecule has 28 heavy (non-hydrogen) atoms. The first kappa shape index (κ1) is 18.3. The molecule has 3 aromatic rings. The Hall–Kier alpha value is -3.06. The van der Waals surface area contributed by atoms with E-state index in [9.17, 15) is 0 Å². The van der Waals surface area contributed by atoms with Crippen LogP contribution in [0.1, 0.15) is 5.56 Å². The van der Waals surface area contributed by atoms with Crippen molar-refractivity contribution in [2.45, 2.75) is 6.54 Å². The van der Waals surface area contributed by atoms with Gasteiger partial charge in [0.1, 0.15) is 17.8 Å². The van der Waals surface area contributed by atoms with Gasteiger partial charge in [-0.05, 0) is 29.8 Å². The summed E-state index contributed by atoms with van der Waals surface area (Å²) in [6, 6.07) is 13.7. The van der Waals surface area contributed by atoms with Gasteiger partial charge in [0, 0.05) is 43.9 Å². The zero-order valence-electron chi connectivity index (χ0n) is 15.4. The van der Waals surface area contributed by atoms with Crippen LogP contribution in [0.4, 0.5) is 23.1 Å². The van der Waals surface area contributed by atoms with Crippen LogP contribution in [-0.2, 0) is 6.54 Å². The van der Waals surface area contributed by atoms with Gasteiger partial charge in [0.2, 0.25) is 0 Å². The molecule has 1 saturated heterocycles. The van der Waals surface area contributed by atoms with Gasteiger partial charge in [0.05, 0.1) is 0 Å². The lowest BCUT2D eigenvalue weighted by Crippen LogP contribution is -2.47. The molecule has 0 saturated carbocycles. The topological polar surface area (TPSA) is 83.2 Å². The lowest BCUT2D eigenvalue weighted by molar-refractivity contribution is 0.642. The molecule has 8 heteroatoms. The largest absolute Gasteiger partial charge is 0.393 e. The third-order valence-corrected chi connectivity index (χ3v) is 5.04. The van der Waals surface area contributed by atoms with Gasteiger partial charge in [-0.15, -0.1) is 0 Å². The van der Waals surface area contributed by atoms with E-state index in [4.69, 9.17) is 17.3 Å². The molecule has 1 aromatic carbocycles. The van der Waals surface area contributed by atoms with E-state index in [2.05, 4.69) is 30.1 Å². The van der Waals surface area contributed by atoms with Crippen molar-refractivity contribution < 1.29 is 0 Å². The second kappa shape index (κ2) is 8.31. The van der Waals surface area contributed by atoms with Crippen molar-refractivity contribution in [3.8, 4) is 0 Å². The molecule has 0 bridgehead atoms. The maximum atomic E-state index is 6.37. The van der Waals surface area contributed by atoms with E-state index in [1.807, 2.05) is 48.7 Å². The standard InChI is InChI=1S/C20H22ClN7/c21-16-6-4-15(5-7-16)13-24-19-18(22)20(26-14-25-19)28-11-9-27(10-12-28)17-3-1-2-8-23-17/h1-8,14H,9-13,22H2,(H,24,25,26). The molecular weight excluding hydrogens is 374 g/mol. The Morgan fingerprint density at radius 1 is 0.929 bits per heavy atom. The number of aromatic nitrogens is 3. The summed E-state index contributed by atoms with van der Waals surface area (Å²) in [5.74, 6) is 2.42. The molecule has 0 aliphatic carbocycles. The van der Waals surface area contributed by atoms with E-state index < -0.39 is 0 Å². The highest BCUT2D eigenvalue weighted by Crippen LogP contribution is 2.28. The summed E-state index contributed by atoms with van der Waals surface area (Å²) in [6.07, 6.45) is 3.38. The molecule has 1 fully saturated rings. The maximum Gasteiger partial charge on any atom is 0.157 e. The second-order valence-corrected chi connectivity index (χ2v) is 7.04. The lowest BCUT2D eigenvalue weighted by Gasteiger charge is -2.36. The molecule has 144 valence electrons. The molecule has 4 rings (SSSR count). The Morgan fingerprint density at radius 2 is 1.68 bits per heavy atom. The summed E-state index contributed by atoms with van der Waals surface area (Å²) in [5, 5.41) is 4.02. The van der Waals surface area contributed by atoms with E-state index in [0.29, 0.717) is 18.1 Å². The molecule has 0 radical (unpaired) electrons. The molecule has 0 atom stereocenters. The van der Waals surface area contributed by atoms with Crippen LogP contribution in [0, 0.1) is 0 Å². The first-order chi connectivity index (χ1) is 13.7. The summed E-state index contributed by atoms with van der Waals surface area (Å²) in [5.41, 5.74) is 8.05. The number of piperazine rings is 1. The normalized spacial score (nSPS) is 14.2. The van der Waals surface area contributed by atoms with Crippen molar-refractivity contribution in [3.05, 3.63) is 65.6 Å². The number of nitrogens with one attached hydrogen (secondary N) is 1. The average molecular weight is 396 g/mol. The van der Waals surface area contributed by atoms with Crippen molar-refractivity contribution in [1.29, 1.82) is 0 Å². The molecule has 2 aromatic heterocycles. The Kier molecular flexibility index (Phi) is 5.43. The van der Waals surface area contributed by atoms with Crippen LogP contribution in [0.5, 0.6) is 0 Å². The monoisotopic (exact) mass is 395 g/mol. The summed E-state index contributed by atoms with van der Waals surface area (Å²) < 4.78 is 0. The molecule has 0 amide bonds. The fraction of sp³-hybridized carbons (Fsp3) is 0.250. The van der Waals surface area contributed by atoms with Crippen molar-refractivity contribution in [3.63, 3.8) is 0 Å². The zero-order valence-corrected chi connectivity index (χ0v) is 16.2. The van der Waals surface area contributed by atoms with Crippen LogP contribution in [0.25, 0.3) is 0 Å². The lowest BCUT2D eigenvalue weighted by atomic mass is 10.2. The number of nitrogens with zero attached hydrogens (tertiary/aromatic N) is 5. The predicted octanol–water partition coefficient (Wildman–Crippen LogP) is 3.05. The molecule has 0 spiro atoms. The molecular formula is C20H22ClN7. The smallest absolute Gasteiger partial charge is 0.157 e. The molecule has 1 aliphatic rings. The van der Waals surface area contributed by atoms with Crippen LogP contribution in [0.15, 0.2) is 55.0 Å². The highest BCUT2D eigenvalue weighted by Gasteiger charge is 2.21. The number of benzene rings is 1. The van der Waals surface area contributed by atoms with Gasteiger partial charge in [-0.1, -0.05) is 29.8 Å². The highest BCUT2D eigenvalue weighted by molar-refractivity contribution is 6.30. The number of anilines is 4. The van der Waals surface area contributed by atoms with Crippen LogP contribution >= 0.6 is 11.6 Å². The SMILES string of the molecule is Nc1c(NCc2ccc(Cl)cc2)ncnc1N1CCN(c2ccccn2)CC1. The van der Waals surface area contributed by atoms with Crippen LogP contribution in [0.3, 0.4) is 0 Å². The molecule has 3 N–H and O–H groups in total. The Morgan fingerprint density at radius 3 is 2.39 bits per heavy atom. The van der Waals surface area contributed by atoms with Gasteiger partial charge in [-0.3, -0.25) is 0 Å². The fourth-order valence-electron chi connectivity index (χ4n) is 3.26. The van der Waals surface area contributed by atoms with Crippen molar-refractivity contribution in [1.82, 2.24) is 15.0 Å². The van der Waals surface area contributed by atoms with Crippen molar-refractivity contribution >= 4 is 34.7 Å². The van der Waals surface area contributed by atoms with E-state index in [0.717, 1.165) is 48.4 Å². The number of hydrogen-bond acceptors (Lipinski definition) is 7. The van der Waals surface area contributed by atoms with Gasteiger partial charge < -0.3 is 20.9 Å². The van der Waals surface area contributed by atoms with Gasteiger partial charge >= 0.3 is 0 Å². The number of nitrogens with two attached hydrogens (primary N) is 1. The van der Waals surface area contributed by atoms with Crippen molar-refractivity contribution in [2.75, 3.05) is 47.0 Å². The molecule has 1 aliphatic heterocycles. The molecule has 0 unspecified atom stereocenters. The Bertz CT molecular complexity index is 910. The minimum absolute atomic E-state index is 0.572. The quantitative estimate of drug-likeness (QED) is 0.686. The zero-order chi connectivity index (χ0) is 19.3. The van der Waals surface area contributed by atoms with E-state index in [1.54, 1.807) is 6.33 Å². The number of halogens is 1. The van der Waals surface area contributed by atoms with Gasteiger partial charge in [-0.2, -0.15) is 0 Å². The van der Waals surface area contributed by atoms with Gasteiger partial charge in [-0.25, -0.2) is 15.0 Å². The number of nitrogen functional groups attached to an aromatic ring is 1. The summed E-state index contributed by atoms with van der Waals surface area (Å²) in [4.78, 5) is 17.6. The number of pyridine rings is 1. The highest BCUT2D eigenvalue weighted by atomic mass is 35.5. The van der Waals surface area contributed by atoms with Crippen molar-refractivity contribution in [2.24, 2.45) is 0 Å².